The van der Waals surface area contributed by atoms with E-state index < -0.39 is 0 Å². The third kappa shape index (κ3) is 3.38. The van der Waals surface area contributed by atoms with Crippen molar-refractivity contribution in [1.82, 2.24) is 10.3 Å². The fourth-order valence-electron chi connectivity index (χ4n) is 2.11. The van der Waals surface area contributed by atoms with E-state index in [2.05, 4.69) is 15.6 Å². The van der Waals surface area contributed by atoms with Crippen LogP contribution in [0.3, 0.4) is 0 Å². The van der Waals surface area contributed by atoms with Gasteiger partial charge in [-0.25, -0.2) is 4.79 Å². The third-order valence-corrected chi connectivity index (χ3v) is 4.08. The Labute approximate surface area is 126 Å². The number of amides is 2. The minimum atomic E-state index is -0.188. The molecule has 2 N–H and O–H groups in total. The van der Waals surface area contributed by atoms with Gasteiger partial charge in [-0.05, 0) is 35.0 Å². The number of carbonyl (C=O) groups excluding carboxylic acids is 1. The van der Waals surface area contributed by atoms with E-state index in [9.17, 15) is 4.79 Å². The highest BCUT2D eigenvalue weighted by Crippen LogP contribution is 2.28. The number of anilines is 1. The highest BCUT2D eigenvalue weighted by atomic mass is 32.1. The summed E-state index contributed by atoms with van der Waals surface area (Å²) in [5, 5.41) is 8.92. The number of rotatable bonds is 4. The molecule has 3 aromatic rings. The van der Waals surface area contributed by atoms with E-state index in [4.69, 9.17) is 0 Å². The quantitative estimate of drug-likeness (QED) is 0.772. The van der Waals surface area contributed by atoms with Crippen molar-refractivity contribution in [2.75, 3.05) is 11.9 Å². The first-order valence-corrected chi connectivity index (χ1v) is 7.62. The summed E-state index contributed by atoms with van der Waals surface area (Å²) in [4.78, 5) is 16.2. The Hall–Kier alpha value is -2.40. The molecule has 0 saturated heterocycles. The van der Waals surface area contributed by atoms with E-state index in [1.807, 2.05) is 47.8 Å². The van der Waals surface area contributed by atoms with Crippen molar-refractivity contribution in [2.45, 2.75) is 6.42 Å². The van der Waals surface area contributed by atoms with Crippen LogP contribution in [0.5, 0.6) is 0 Å². The molecule has 4 nitrogen and oxygen atoms in total. The van der Waals surface area contributed by atoms with E-state index in [0.717, 1.165) is 27.9 Å². The average Bonchev–Trinajstić information content (AvgIpc) is 2.98. The van der Waals surface area contributed by atoms with E-state index in [1.165, 1.54) is 0 Å². The summed E-state index contributed by atoms with van der Waals surface area (Å²) in [6.07, 6.45) is 2.48. The number of hydrogen-bond acceptors (Lipinski definition) is 3. The number of hydrogen-bond donors (Lipinski definition) is 2. The molecule has 0 unspecified atom stereocenters. The Kier molecular flexibility index (Phi) is 4.12. The minimum absolute atomic E-state index is 0.188. The van der Waals surface area contributed by atoms with Gasteiger partial charge in [0.05, 0.1) is 10.4 Å². The number of aromatic nitrogens is 1. The summed E-state index contributed by atoms with van der Waals surface area (Å²) in [7, 11) is 0. The molecular formula is C16H15N3OS. The van der Waals surface area contributed by atoms with Crippen LogP contribution in [0, 0.1) is 0 Å². The molecular weight excluding hydrogens is 282 g/mol. The molecule has 0 bridgehead atoms. The smallest absolute Gasteiger partial charge is 0.319 e. The molecule has 0 saturated carbocycles. The largest absolute Gasteiger partial charge is 0.337 e. The summed E-state index contributed by atoms with van der Waals surface area (Å²) in [6, 6.07) is 13.5. The van der Waals surface area contributed by atoms with Crippen LogP contribution in [0.1, 0.15) is 5.69 Å². The van der Waals surface area contributed by atoms with Crippen LogP contribution in [-0.4, -0.2) is 17.6 Å². The minimum Gasteiger partial charge on any atom is -0.337 e. The number of nitrogens with zero attached hydrogens (tertiary/aromatic N) is 1. The molecule has 5 heteroatoms. The van der Waals surface area contributed by atoms with E-state index in [-0.39, 0.29) is 6.03 Å². The monoisotopic (exact) mass is 297 g/mol. The number of urea groups is 1. The Morgan fingerprint density at radius 2 is 2.10 bits per heavy atom. The predicted octanol–water partition coefficient (Wildman–Crippen LogP) is 3.66. The van der Waals surface area contributed by atoms with Crippen LogP contribution in [-0.2, 0) is 6.42 Å². The normalized spacial score (nSPS) is 10.5. The zero-order chi connectivity index (χ0) is 14.5. The van der Waals surface area contributed by atoms with E-state index in [1.54, 1.807) is 17.5 Å². The maximum Gasteiger partial charge on any atom is 0.319 e. The van der Waals surface area contributed by atoms with Crippen LogP contribution in [0.25, 0.3) is 10.1 Å². The number of nitrogens with one attached hydrogen (secondary N) is 2. The summed E-state index contributed by atoms with van der Waals surface area (Å²) in [6.45, 7) is 0.559. The molecule has 106 valence electrons. The molecule has 2 amide bonds. The molecule has 0 fully saturated rings. The molecule has 0 aliphatic heterocycles. The number of fused-ring (bicyclic) bond motifs is 1. The highest BCUT2D eigenvalue weighted by Gasteiger charge is 2.06. The number of carbonyl (C=O) groups is 1. The molecule has 0 spiro atoms. The van der Waals surface area contributed by atoms with Gasteiger partial charge in [0.1, 0.15) is 0 Å². The summed E-state index contributed by atoms with van der Waals surface area (Å²) >= 11 is 1.62. The standard InChI is InChI=1S/C16H15N3OS/c20-16(18-10-7-13-5-1-2-9-17-13)19-14-6-3-4-12-8-11-21-15(12)14/h1-6,8-9,11H,7,10H2,(H2,18,19,20). The number of benzene rings is 1. The second-order valence-electron chi connectivity index (χ2n) is 4.60. The molecule has 0 atom stereocenters. The van der Waals surface area contributed by atoms with Crippen molar-refractivity contribution >= 4 is 33.1 Å². The van der Waals surface area contributed by atoms with Gasteiger partial charge in [0.15, 0.2) is 0 Å². The lowest BCUT2D eigenvalue weighted by Gasteiger charge is -2.08. The van der Waals surface area contributed by atoms with Crippen molar-refractivity contribution in [3.8, 4) is 0 Å². The first kappa shape index (κ1) is 13.6. The van der Waals surface area contributed by atoms with Crippen molar-refractivity contribution in [2.24, 2.45) is 0 Å². The molecule has 0 aliphatic rings. The molecule has 1 aromatic carbocycles. The van der Waals surface area contributed by atoms with Gasteiger partial charge < -0.3 is 10.6 Å². The van der Waals surface area contributed by atoms with Crippen LogP contribution in [0.15, 0.2) is 54.0 Å². The Bertz CT molecular complexity index is 739. The average molecular weight is 297 g/mol. The lowest BCUT2D eigenvalue weighted by Crippen LogP contribution is -2.30. The maximum atomic E-state index is 11.9. The van der Waals surface area contributed by atoms with Gasteiger partial charge >= 0.3 is 6.03 Å². The predicted molar refractivity (Wildman–Crippen MR) is 86.8 cm³/mol. The molecule has 0 aliphatic carbocycles. The Morgan fingerprint density at radius 1 is 1.14 bits per heavy atom. The van der Waals surface area contributed by atoms with Crippen molar-refractivity contribution in [3.63, 3.8) is 0 Å². The molecule has 3 rings (SSSR count). The molecule has 21 heavy (non-hydrogen) atoms. The second-order valence-corrected chi connectivity index (χ2v) is 5.51. The maximum absolute atomic E-state index is 11.9. The Morgan fingerprint density at radius 3 is 2.95 bits per heavy atom. The summed E-state index contributed by atoms with van der Waals surface area (Å²) in [5.74, 6) is 0. The molecule has 2 aromatic heterocycles. The van der Waals surface area contributed by atoms with Crippen LogP contribution < -0.4 is 10.6 Å². The van der Waals surface area contributed by atoms with Gasteiger partial charge in [0.2, 0.25) is 0 Å². The van der Waals surface area contributed by atoms with Gasteiger partial charge in [0, 0.05) is 24.9 Å². The van der Waals surface area contributed by atoms with E-state index in [0.29, 0.717) is 6.54 Å². The number of thiophene rings is 1. The van der Waals surface area contributed by atoms with Gasteiger partial charge in [-0.1, -0.05) is 18.2 Å². The van der Waals surface area contributed by atoms with E-state index >= 15 is 0 Å². The van der Waals surface area contributed by atoms with Crippen LogP contribution in [0.2, 0.25) is 0 Å². The zero-order valence-corrected chi connectivity index (χ0v) is 12.2. The first-order chi connectivity index (χ1) is 10.3. The fourth-order valence-corrected chi connectivity index (χ4v) is 2.98. The van der Waals surface area contributed by atoms with Crippen LogP contribution in [0.4, 0.5) is 10.5 Å². The zero-order valence-electron chi connectivity index (χ0n) is 11.4. The molecule has 0 radical (unpaired) electrons. The topological polar surface area (TPSA) is 54.0 Å². The van der Waals surface area contributed by atoms with Gasteiger partial charge in [-0.2, -0.15) is 0 Å². The fraction of sp³-hybridized carbons (Fsp3) is 0.125. The second kappa shape index (κ2) is 6.37. The van der Waals surface area contributed by atoms with Crippen molar-refractivity contribution in [3.05, 3.63) is 59.7 Å². The SMILES string of the molecule is O=C(NCCc1ccccn1)Nc1cccc2ccsc12. The number of pyridine rings is 1. The van der Waals surface area contributed by atoms with Crippen LogP contribution >= 0.6 is 11.3 Å². The summed E-state index contributed by atoms with van der Waals surface area (Å²) in [5.41, 5.74) is 1.82. The van der Waals surface area contributed by atoms with Gasteiger partial charge in [0.25, 0.3) is 0 Å². The molecule has 2 heterocycles. The van der Waals surface area contributed by atoms with Gasteiger partial charge in [-0.3, -0.25) is 4.98 Å². The van der Waals surface area contributed by atoms with Crippen molar-refractivity contribution in [1.29, 1.82) is 0 Å². The van der Waals surface area contributed by atoms with Crippen molar-refractivity contribution < 1.29 is 4.79 Å². The lowest BCUT2D eigenvalue weighted by atomic mass is 10.2. The third-order valence-electron chi connectivity index (χ3n) is 3.12. The van der Waals surface area contributed by atoms with Gasteiger partial charge in [-0.15, -0.1) is 11.3 Å². The first-order valence-electron chi connectivity index (χ1n) is 6.74. The lowest BCUT2D eigenvalue weighted by molar-refractivity contribution is 0.252. The summed E-state index contributed by atoms with van der Waals surface area (Å²) < 4.78 is 1.09. The Balaban J connectivity index is 1.56. The highest BCUT2D eigenvalue weighted by molar-refractivity contribution is 7.17.